The van der Waals surface area contributed by atoms with Crippen LogP contribution in [0.25, 0.3) is 0 Å². The van der Waals surface area contributed by atoms with E-state index in [1.165, 1.54) is 64.2 Å². The van der Waals surface area contributed by atoms with Crippen molar-refractivity contribution in [3.8, 4) is 0 Å². The fourth-order valence-electron chi connectivity index (χ4n) is 9.26. The molecule has 2 N–H and O–H groups in total. The molecule has 29 heavy (non-hydrogen) atoms. The molecule has 0 aromatic carbocycles. The van der Waals surface area contributed by atoms with Crippen molar-refractivity contribution >= 4 is 0 Å². The summed E-state index contributed by atoms with van der Waals surface area (Å²) in [5.41, 5.74) is 0.943. The van der Waals surface area contributed by atoms with Crippen molar-refractivity contribution in [2.75, 3.05) is 6.61 Å². The molecule has 0 saturated heterocycles. The summed E-state index contributed by atoms with van der Waals surface area (Å²) in [5.74, 6) is 5.48. The van der Waals surface area contributed by atoms with E-state index in [-0.39, 0.29) is 6.10 Å². The van der Waals surface area contributed by atoms with Crippen molar-refractivity contribution in [2.45, 2.75) is 111 Å². The number of hydrogen-bond donors (Lipinski definition) is 2. The molecule has 4 fully saturated rings. The maximum atomic E-state index is 10.3. The molecule has 4 saturated carbocycles. The molecular weight excluding hydrogens is 356 g/mol. The Labute approximate surface area is 180 Å². The molecule has 3 unspecified atom stereocenters. The molecule has 4 aliphatic rings. The molecular formula is C27H48O2. The lowest BCUT2D eigenvalue weighted by Gasteiger charge is -2.61. The highest BCUT2D eigenvalue weighted by Gasteiger charge is 2.60. The van der Waals surface area contributed by atoms with Gasteiger partial charge in [-0.3, -0.25) is 0 Å². The first-order chi connectivity index (χ1) is 13.8. The van der Waals surface area contributed by atoms with Gasteiger partial charge < -0.3 is 10.2 Å². The highest BCUT2D eigenvalue weighted by Crippen LogP contribution is 2.68. The first-order valence-electron chi connectivity index (χ1n) is 13.1. The average molecular weight is 405 g/mol. The Bertz CT molecular complexity index is 559. The highest BCUT2D eigenvalue weighted by molar-refractivity contribution is 5.09. The Hall–Kier alpha value is -0.0800. The zero-order chi connectivity index (χ0) is 20.8. The molecule has 0 aromatic heterocycles. The molecule has 0 amide bonds. The van der Waals surface area contributed by atoms with Crippen LogP contribution in [0.1, 0.15) is 105 Å². The summed E-state index contributed by atoms with van der Waals surface area (Å²) < 4.78 is 0. The molecule has 0 heterocycles. The molecule has 0 aliphatic heterocycles. The number of aliphatic hydroxyl groups is 2. The van der Waals surface area contributed by atoms with Crippen LogP contribution in [0.15, 0.2) is 0 Å². The molecule has 0 spiro atoms. The summed E-state index contributed by atoms with van der Waals surface area (Å²) in [4.78, 5) is 0. The second-order valence-electron chi connectivity index (χ2n) is 12.6. The predicted molar refractivity (Wildman–Crippen MR) is 120 cm³/mol. The van der Waals surface area contributed by atoms with Gasteiger partial charge in [-0.15, -0.1) is 0 Å². The monoisotopic (exact) mass is 404 g/mol. The summed E-state index contributed by atoms with van der Waals surface area (Å²) in [6.45, 7) is 10.3. The molecule has 2 heteroatoms. The van der Waals surface area contributed by atoms with Gasteiger partial charge in [-0.25, -0.2) is 0 Å². The van der Waals surface area contributed by atoms with Gasteiger partial charge in [0.15, 0.2) is 0 Å². The van der Waals surface area contributed by atoms with Crippen LogP contribution < -0.4 is 0 Å². The molecule has 4 aliphatic carbocycles. The topological polar surface area (TPSA) is 40.5 Å². The molecule has 4 rings (SSSR count). The third-order valence-electron chi connectivity index (χ3n) is 10.9. The van der Waals surface area contributed by atoms with Crippen molar-refractivity contribution < 1.29 is 10.2 Å². The van der Waals surface area contributed by atoms with E-state index < -0.39 is 0 Å². The molecule has 2 nitrogen and oxygen atoms in total. The van der Waals surface area contributed by atoms with Crippen molar-refractivity contribution in [3.63, 3.8) is 0 Å². The third-order valence-corrected chi connectivity index (χ3v) is 10.9. The van der Waals surface area contributed by atoms with Crippen LogP contribution in [0.4, 0.5) is 0 Å². The van der Waals surface area contributed by atoms with Gasteiger partial charge in [0.05, 0.1) is 6.10 Å². The Morgan fingerprint density at radius 1 is 0.862 bits per heavy atom. The van der Waals surface area contributed by atoms with E-state index in [4.69, 9.17) is 0 Å². The highest BCUT2D eigenvalue weighted by atomic mass is 16.3. The van der Waals surface area contributed by atoms with Crippen LogP contribution in [0.3, 0.4) is 0 Å². The maximum Gasteiger partial charge on any atom is 0.0543 e. The lowest BCUT2D eigenvalue weighted by molar-refractivity contribution is -0.130. The predicted octanol–water partition coefficient (Wildman–Crippen LogP) is 6.44. The van der Waals surface area contributed by atoms with Crippen molar-refractivity contribution in [2.24, 2.45) is 52.3 Å². The van der Waals surface area contributed by atoms with Crippen LogP contribution >= 0.6 is 0 Å². The second-order valence-corrected chi connectivity index (χ2v) is 12.6. The lowest BCUT2D eigenvalue weighted by atomic mass is 9.44. The van der Waals surface area contributed by atoms with Crippen LogP contribution in [0.5, 0.6) is 0 Å². The lowest BCUT2D eigenvalue weighted by Crippen LogP contribution is -2.54. The molecule has 0 radical (unpaired) electrons. The van der Waals surface area contributed by atoms with E-state index in [0.717, 1.165) is 48.3 Å². The molecule has 0 bridgehead atoms. The van der Waals surface area contributed by atoms with Crippen LogP contribution in [0, 0.1) is 52.3 Å². The first-order valence-corrected chi connectivity index (χ1v) is 13.1. The zero-order valence-corrected chi connectivity index (χ0v) is 19.7. The van der Waals surface area contributed by atoms with E-state index in [0.29, 0.717) is 23.4 Å². The minimum Gasteiger partial charge on any atom is -0.396 e. The normalized spacial score (nSPS) is 48.1. The Kier molecular flexibility index (Phi) is 6.45. The van der Waals surface area contributed by atoms with E-state index >= 15 is 0 Å². The fourth-order valence-corrected chi connectivity index (χ4v) is 9.26. The van der Waals surface area contributed by atoms with Gasteiger partial charge in [0.2, 0.25) is 0 Å². The van der Waals surface area contributed by atoms with Crippen LogP contribution in [-0.4, -0.2) is 22.9 Å². The smallest absolute Gasteiger partial charge is 0.0543 e. The third kappa shape index (κ3) is 3.84. The van der Waals surface area contributed by atoms with Gasteiger partial charge in [-0.05, 0) is 116 Å². The van der Waals surface area contributed by atoms with Gasteiger partial charge in [0, 0.05) is 6.61 Å². The van der Waals surface area contributed by atoms with Crippen molar-refractivity contribution in [3.05, 3.63) is 0 Å². The van der Waals surface area contributed by atoms with E-state index in [2.05, 4.69) is 27.7 Å². The number of rotatable bonds is 6. The summed E-state index contributed by atoms with van der Waals surface area (Å²) in [7, 11) is 0. The number of hydrogen-bond acceptors (Lipinski definition) is 2. The minimum atomic E-state index is -0.0366. The SMILES string of the molecule is CC(C)CCC[C@@H](CO)[C@H]1CCC2C3CC[C@H]4C[C@@H](O)CC[C@]4(C)C3CC[C@@]21C. The Morgan fingerprint density at radius 2 is 1.59 bits per heavy atom. The number of aliphatic hydroxyl groups excluding tert-OH is 2. The average Bonchev–Trinajstić information content (AvgIpc) is 3.03. The van der Waals surface area contributed by atoms with E-state index in [1.54, 1.807) is 0 Å². The maximum absolute atomic E-state index is 10.3. The summed E-state index contributed by atoms with van der Waals surface area (Å²) in [6, 6.07) is 0. The fraction of sp³-hybridized carbons (Fsp3) is 1.00. The zero-order valence-electron chi connectivity index (χ0n) is 19.7. The van der Waals surface area contributed by atoms with E-state index in [1.807, 2.05) is 0 Å². The second kappa shape index (κ2) is 8.45. The van der Waals surface area contributed by atoms with Gasteiger partial charge in [-0.2, -0.15) is 0 Å². The summed E-state index contributed by atoms with van der Waals surface area (Å²) in [6.07, 6.45) is 15.4. The first kappa shape index (κ1) is 22.1. The van der Waals surface area contributed by atoms with Gasteiger partial charge >= 0.3 is 0 Å². The Morgan fingerprint density at radius 3 is 2.31 bits per heavy atom. The van der Waals surface area contributed by atoms with Crippen molar-refractivity contribution in [1.82, 2.24) is 0 Å². The largest absolute Gasteiger partial charge is 0.396 e. The minimum absolute atomic E-state index is 0.0366. The summed E-state index contributed by atoms with van der Waals surface area (Å²) in [5, 5.41) is 20.5. The van der Waals surface area contributed by atoms with Gasteiger partial charge in [0.1, 0.15) is 0 Å². The van der Waals surface area contributed by atoms with Crippen LogP contribution in [0.2, 0.25) is 0 Å². The molecule has 0 aromatic rings. The Balaban J connectivity index is 1.48. The van der Waals surface area contributed by atoms with Crippen molar-refractivity contribution in [1.29, 1.82) is 0 Å². The van der Waals surface area contributed by atoms with E-state index in [9.17, 15) is 10.2 Å². The summed E-state index contributed by atoms with van der Waals surface area (Å²) >= 11 is 0. The van der Waals surface area contributed by atoms with Gasteiger partial charge in [0.25, 0.3) is 0 Å². The molecule has 168 valence electrons. The standard InChI is InChI=1S/C27H48O2/c1-18(2)6-5-7-19(17-28)23-10-11-24-22-9-8-20-16-21(29)12-14-26(20,3)25(22)13-15-27(23,24)4/h18-25,28-29H,5-17H2,1-4H3/t19-,20-,21-,22?,23+,24?,25?,26-,27+/m0/s1. The quantitative estimate of drug-likeness (QED) is 0.534. The molecule has 9 atom stereocenters. The van der Waals surface area contributed by atoms with Gasteiger partial charge in [-0.1, -0.05) is 40.5 Å². The van der Waals surface area contributed by atoms with Crippen LogP contribution in [-0.2, 0) is 0 Å². The number of fused-ring (bicyclic) bond motifs is 5.